The minimum absolute atomic E-state index is 0.0260. The number of carboxylic acids is 1. The molecule has 1 amide bonds. The third-order valence-electron chi connectivity index (χ3n) is 6.91. The van der Waals surface area contributed by atoms with E-state index in [1.165, 1.54) is 22.3 Å². The fourth-order valence-corrected chi connectivity index (χ4v) is 5.27. The van der Waals surface area contributed by atoms with Crippen LogP contribution in [-0.2, 0) is 9.53 Å². The monoisotopic (exact) mass is 421 g/mol. The standard InChI is InChI=1S/C24H27N3O4/c28-22(29)11-24(14-25-15-24)27-10-9-16(12-27)26-23(30)31-13-21-19-7-3-1-5-17(19)18-6-2-4-8-20(18)21/h1-8,16,21,25H,9-15H2,(H,26,30)(H,28,29). The number of carboxylic acid groups (broad SMARTS) is 1. The van der Waals surface area contributed by atoms with Crippen molar-refractivity contribution < 1.29 is 19.4 Å². The highest BCUT2D eigenvalue weighted by molar-refractivity contribution is 5.79. The average Bonchev–Trinajstić information content (AvgIpc) is 3.32. The Labute approximate surface area is 181 Å². The molecule has 0 radical (unpaired) electrons. The van der Waals surface area contributed by atoms with Crippen molar-refractivity contribution in [3.63, 3.8) is 0 Å². The molecule has 0 aromatic heterocycles. The molecule has 3 N–H and O–H groups in total. The SMILES string of the molecule is O=C(O)CC1(N2CCC(NC(=O)OCC3c4ccccc4-c4ccccc43)C2)CNC1. The first-order chi connectivity index (χ1) is 15.1. The van der Waals surface area contributed by atoms with Gasteiger partial charge in [-0.1, -0.05) is 48.5 Å². The van der Waals surface area contributed by atoms with Crippen molar-refractivity contribution >= 4 is 12.1 Å². The van der Waals surface area contributed by atoms with E-state index in [-0.39, 0.29) is 23.9 Å². The van der Waals surface area contributed by atoms with Crippen LogP contribution in [0.5, 0.6) is 0 Å². The predicted octanol–water partition coefficient (Wildman–Crippen LogP) is 2.42. The fraction of sp³-hybridized carbons (Fsp3) is 0.417. The molecule has 31 heavy (non-hydrogen) atoms. The summed E-state index contributed by atoms with van der Waals surface area (Å²) in [6, 6.07) is 16.5. The van der Waals surface area contributed by atoms with Crippen molar-refractivity contribution in [2.75, 3.05) is 32.8 Å². The number of aliphatic carboxylic acids is 1. The van der Waals surface area contributed by atoms with Gasteiger partial charge in [0, 0.05) is 38.1 Å². The lowest BCUT2D eigenvalue weighted by molar-refractivity contribution is -0.141. The van der Waals surface area contributed by atoms with Gasteiger partial charge in [0.05, 0.1) is 12.0 Å². The summed E-state index contributed by atoms with van der Waals surface area (Å²) in [5, 5.41) is 15.4. The van der Waals surface area contributed by atoms with Gasteiger partial charge in [0.1, 0.15) is 6.61 Å². The molecule has 2 aromatic rings. The first-order valence-electron chi connectivity index (χ1n) is 10.8. The first kappa shape index (κ1) is 20.0. The predicted molar refractivity (Wildman–Crippen MR) is 116 cm³/mol. The average molecular weight is 421 g/mol. The summed E-state index contributed by atoms with van der Waals surface area (Å²) in [5.41, 5.74) is 4.46. The second-order valence-electron chi connectivity index (χ2n) is 8.80. The smallest absolute Gasteiger partial charge is 0.407 e. The zero-order valence-corrected chi connectivity index (χ0v) is 17.3. The molecule has 162 valence electrons. The van der Waals surface area contributed by atoms with Crippen LogP contribution in [0.2, 0.25) is 0 Å². The van der Waals surface area contributed by atoms with Crippen LogP contribution in [0.1, 0.15) is 29.9 Å². The van der Waals surface area contributed by atoms with Gasteiger partial charge in [-0.2, -0.15) is 0 Å². The molecule has 1 atom stereocenters. The van der Waals surface area contributed by atoms with Gasteiger partial charge >= 0.3 is 12.1 Å². The number of amides is 1. The molecule has 1 unspecified atom stereocenters. The number of hydrogen-bond acceptors (Lipinski definition) is 5. The van der Waals surface area contributed by atoms with Crippen LogP contribution in [0.3, 0.4) is 0 Å². The fourth-order valence-electron chi connectivity index (χ4n) is 5.27. The number of carbonyl (C=O) groups excluding carboxylic acids is 1. The maximum atomic E-state index is 12.5. The van der Waals surface area contributed by atoms with E-state index in [0.717, 1.165) is 13.0 Å². The molecule has 2 fully saturated rings. The number of benzene rings is 2. The molecule has 3 aliphatic rings. The molecule has 0 bridgehead atoms. The number of likely N-dealkylation sites (tertiary alicyclic amines) is 1. The van der Waals surface area contributed by atoms with E-state index in [9.17, 15) is 14.7 Å². The van der Waals surface area contributed by atoms with E-state index in [0.29, 0.717) is 26.2 Å². The van der Waals surface area contributed by atoms with Crippen LogP contribution in [0.15, 0.2) is 48.5 Å². The van der Waals surface area contributed by atoms with E-state index < -0.39 is 12.1 Å². The Bertz CT molecular complexity index is 958. The summed E-state index contributed by atoms with van der Waals surface area (Å²) in [4.78, 5) is 26.0. The summed E-state index contributed by atoms with van der Waals surface area (Å²) >= 11 is 0. The molecular formula is C24H27N3O4. The number of rotatable bonds is 6. The normalized spacial score (nSPS) is 21.7. The lowest BCUT2D eigenvalue weighted by Crippen LogP contribution is -2.69. The summed E-state index contributed by atoms with van der Waals surface area (Å²) < 4.78 is 5.65. The second kappa shape index (κ2) is 7.98. The number of ether oxygens (including phenoxy) is 1. The maximum absolute atomic E-state index is 12.5. The highest BCUT2D eigenvalue weighted by atomic mass is 16.5. The van der Waals surface area contributed by atoms with Gasteiger partial charge in [-0.3, -0.25) is 9.69 Å². The third-order valence-corrected chi connectivity index (χ3v) is 6.91. The molecule has 0 saturated carbocycles. The van der Waals surface area contributed by atoms with Crippen LogP contribution < -0.4 is 10.6 Å². The third kappa shape index (κ3) is 3.68. The molecule has 2 aliphatic heterocycles. The van der Waals surface area contributed by atoms with E-state index >= 15 is 0 Å². The number of hydrogen-bond donors (Lipinski definition) is 3. The van der Waals surface area contributed by atoms with Crippen molar-refractivity contribution in [1.82, 2.24) is 15.5 Å². The van der Waals surface area contributed by atoms with Gasteiger partial charge in [0.2, 0.25) is 0 Å². The Kier molecular flexibility index (Phi) is 5.16. The first-order valence-corrected chi connectivity index (χ1v) is 10.8. The van der Waals surface area contributed by atoms with Gasteiger partial charge in [-0.25, -0.2) is 4.79 Å². The molecular weight excluding hydrogens is 394 g/mol. The zero-order chi connectivity index (χ0) is 21.4. The van der Waals surface area contributed by atoms with Crippen molar-refractivity contribution in [3.8, 4) is 11.1 Å². The molecule has 2 heterocycles. The summed E-state index contributed by atoms with van der Waals surface area (Å²) in [6.07, 6.45) is 0.510. The highest BCUT2D eigenvalue weighted by Gasteiger charge is 2.47. The Morgan fingerprint density at radius 3 is 2.32 bits per heavy atom. The van der Waals surface area contributed by atoms with Crippen molar-refractivity contribution in [1.29, 1.82) is 0 Å². The largest absolute Gasteiger partial charge is 0.481 e. The van der Waals surface area contributed by atoms with Gasteiger partial charge in [-0.15, -0.1) is 0 Å². The quantitative estimate of drug-likeness (QED) is 0.664. The Morgan fingerprint density at radius 1 is 1.10 bits per heavy atom. The molecule has 5 rings (SSSR count). The summed E-state index contributed by atoms with van der Waals surface area (Å²) in [7, 11) is 0. The van der Waals surface area contributed by atoms with Crippen molar-refractivity contribution in [3.05, 3.63) is 59.7 Å². The van der Waals surface area contributed by atoms with Crippen LogP contribution >= 0.6 is 0 Å². The van der Waals surface area contributed by atoms with Crippen LogP contribution in [-0.4, -0.2) is 66.4 Å². The minimum Gasteiger partial charge on any atom is -0.481 e. The number of alkyl carbamates (subject to hydrolysis) is 1. The molecule has 1 aliphatic carbocycles. The zero-order valence-electron chi connectivity index (χ0n) is 17.3. The highest BCUT2D eigenvalue weighted by Crippen LogP contribution is 2.44. The Morgan fingerprint density at radius 2 is 1.74 bits per heavy atom. The molecule has 2 aromatic carbocycles. The Balaban J connectivity index is 1.19. The van der Waals surface area contributed by atoms with Crippen molar-refractivity contribution in [2.45, 2.75) is 30.3 Å². The topological polar surface area (TPSA) is 90.9 Å². The molecule has 7 heteroatoms. The van der Waals surface area contributed by atoms with Crippen molar-refractivity contribution in [2.24, 2.45) is 0 Å². The minimum atomic E-state index is -0.783. The van der Waals surface area contributed by atoms with E-state index in [1.54, 1.807) is 0 Å². The van der Waals surface area contributed by atoms with E-state index in [4.69, 9.17) is 4.74 Å². The van der Waals surface area contributed by atoms with Gasteiger partial charge in [0.15, 0.2) is 0 Å². The maximum Gasteiger partial charge on any atom is 0.407 e. The van der Waals surface area contributed by atoms with E-state index in [2.05, 4.69) is 39.8 Å². The van der Waals surface area contributed by atoms with Crippen LogP contribution in [0.4, 0.5) is 4.79 Å². The van der Waals surface area contributed by atoms with Gasteiger partial charge in [-0.05, 0) is 28.7 Å². The Hall–Kier alpha value is -2.90. The molecule has 2 saturated heterocycles. The second-order valence-corrected chi connectivity index (χ2v) is 8.80. The van der Waals surface area contributed by atoms with Gasteiger partial charge in [0.25, 0.3) is 0 Å². The number of carbonyl (C=O) groups is 2. The summed E-state index contributed by atoms with van der Waals surface area (Å²) in [6.45, 7) is 3.08. The lowest BCUT2D eigenvalue weighted by Gasteiger charge is -2.48. The number of nitrogens with zero attached hydrogens (tertiary/aromatic N) is 1. The van der Waals surface area contributed by atoms with Crippen LogP contribution in [0, 0.1) is 0 Å². The summed E-state index contributed by atoms with van der Waals surface area (Å²) in [5.74, 6) is -0.743. The molecule has 0 spiro atoms. The van der Waals surface area contributed by atoms with Crippen LogP contribution in [0.25, 0.3) is 11.1 Å². The lowest BCUT2D eigenvalue weighted by atomic mass is 9.87. The van der Waals surface area contributed by atoms with Gasteiger partial charge < -0.3 is 20.5 Å². The van der Waals surface area contributed by atoms with E-state index in [1.807, 2.05) is 24.3 Å². The number of nitrogens with one attached hydrogen (secondary N) is 2. The number of fused-ring (bicyclic) bond motifs is 3. The molecule has 7 nitrogen and oxygen atoms in total.